The van der Waals surface area contributed by atoms with Crippen molar-refractivity contribution in [1.82, 2.24) is 5.32 Å². The van der Waals surface area contributed by atoms with Crippen molar-refractivity contribution in [3.63, 3.8) is 0 Å². The lowest BCUT2D eigenvalue weighted by Crippen LogP contribution is -2.13. The zero-order chi connectivity index (χ0) is 12.8. The fourth-order valence-corrected chi connectivity index (χ4v) is 2.43. The Bertz CT molecular complexity index is 378. The third-order valence-corrected chi connectivity index (χ3v) is 3.50. The molecule has 1 fully saturated rings. The molecule has 0 aromatic heterocycles. The molecule has 0 bridgehead atoms. The first-order valence-corrected chi connectivity index (χ1v) is 6.85. The van der Waals surface area contributed by atoms with Crippen molar-refractivity contribution in [2.75, 3.05) is 20.3 Å². The minimum Gasteiger partial charge on any atom is -0.493 e. The summed E-state index contributed by atoms with van der Waals surface area (Å²) in [5.74, 6) is 0.870. The Morgan fingerprint density at radius 1 is 1.50 bits per heavy atom. The summed E-state index contributed by atoms with van der Waals surface area (Å²) in [6.45, 7) is 2.30. The summed E-state index contributed by atoms with van der Waals surface area (Å²) >= 11 is 6.17. The van der Waals surface area contributed by atoms with E-state index < -0.39 is 0 Å². The first-order chi connectivity index (χ1) is 8.81. The molecule has 1 aliphatic rings. The maximum Gasteiger partial charge on any atom is 0.125 e. The summed E-state index contributed by atoms with van der Waals surface area (Å²) in [7, 11) is 1.90. The average molecular weight is 270 g/mol. The highest BCUT2D eigenvalue weighted by Crippen LogP contribution is 2.26. The molecule has 2 rings (SSSR count). The van der Waals surface area contributed by atoms with Gasteiger partial charge in [0.05, 0.1) is 12.7 Å². The molecule has 3 nitrogen and oxygen atoms in total. The summed E-state index contributed by atoms with van der Waals surface area (Å²) in [5, 5.41) is 3.86. The highest BCUT2D eigenvalue weighted by atomic mass is 35.5. The Hall–Kier alpha value is -0.770. The lowest BCUT2D eigenvalue weighted by atomic mass is 10.2. The maximum atomic E-state index is 6.17. The van der Waals surface area contributed by atoms with Crippen LogP contribution in [0, 0.1) is 0 Å². The van der Waals surface area contributed by atoms with Gasteiger partial charge in [0.15, 0.2) is 0 Å². The van der Waals surface area contributed by atoms with Crippen LogP contribution in [0.15, 0.2) is 18.2 Å². The molecule has 4 heteroatoms. The summed E-state index contributed by atoms with van der Waals surface area (Å²) in [4.78, 5) is 0. The predicted molar refractivity (Wildman–Crippen MR) is 73.3 cm³/mol. The van der Waals surface area contributed by atoms with E-state index in [0.29, 0.717) is 12.7 Å². The highest BCUT2D eigenvalue weighted by Gasteiger charge is 2.15. The molecule has 0 spiro atoms. The number of hydrogen-bond donors (Lipinski definition) is 1. The quantitative estimate of drug-likeness (QED) is 0.861. The number of nitrogens with one attached hydrogen (secondary N) is 1. The lowest BCUT2D eigenvalue weighted by molar-refractivity contribution is 0.0902. The molecule has 1 saturated heterocycles. The maximum absolute atomic E-state index is 6.17. The van der Waals surface area contributed by atoms with Gasteiger partial charge < -0.3 is 14.8 Å². The average Bonchev–Trinajstić information content (AvgIpc) is 2.86. The Morgan fingerprint density at radius 3 is 3.11 bits per heavy atom. The van der Waals surface area contributed by atoms with Gasteiger partial charge in [-0.25, -0.2) is 0 Å². The number of halogens is 1. The smallest absolute Gasteiger partial charge is 0.125 e. The number of benzene rings is 1. The van der Waals surface area contributed by atoms with Gasteiger partial charge in [0, 0.05) is 30.2 Å². The molecule has 1 heterocycles. The van der Waals surface area contributed by atoms with E-state index in [-0.39, 0.29) is 0 Å². The third-order valence-electron chi connectivity index (χ3n) is 3.15. The van der Waals surface area contributed by atoms with Crippen LogP contribution >= 0.6 is 11.6 Å². The van der Waals surface area contributed by atoms with Crippen molar-refractivity contribution < 1.29 is 9.47 Å². The first-order valence-electron chi connectivity index (χ1n) is 6.47. The van der Waals surface area contributed by atoms with Crippen LogP contribution in [0.2, 0.25) is 5.02 Å². The van der Waals surface area contributed by atoms with E-state index in [1.807, 2.05) is 25.2 Å². The number of hydrogen-bond acceptors (Lipinski definition) is 3. The molecule has 100 valence electrons. The molecular formula is C14H20ClNO2. The summed E-state index contributed by atoms with van der Waals surface area (Å²) < 4.78 is 11.4. The fraction of sp³-hybridized carbons (Fsp3) is 0.571. The van der Waals surface area contributed by atoms with Gasteiger partial charge in [-0.15, -0.1) is 0 Å². The molecule has 0 amide bonds. The van der Waals surface area contributed by atoms with E-state index in [1.165, 1.54) is 6.42 Å². The molecule has 1 N–H and O–H groups in total. The molecule has 0 aliphatic carbocycles. The van der Waals surface area contributed by atoms with Crippen molar-refractivity contribution in [3.05, 3.63) is 28.8 Å². The van der Waals surface area contributed by atoms with Crippen molar-refractivity contribution >= 4 is 11.6 Å². The van der Waals surface area contributed by atoms with Gasteiger partial charge in [0.2, 0.25) is 0 Å². The third kappa shape index (κ3) is 3.61. The van der Waals surface area contributed by atoms with Crippen molar-refractivity contribution in [1.29, 1.82) is 0 Å². The Labute approximate surface area is 113 Å². The fourth-order valence-electron chi connectivity index (χ4n) is 2.19. The molecule has 1 unspecified atom stereocenters. The van der Waals surface area contributed by atoms with Crippen molar-refractivity contribution in [3.8, 4) is 5.75 Å². The Morgan fingerprint density at radius 2 is 2.39 bits per heavy atom. The molecular weight excluding hydrogens is 250 g/mol. The minimum atomic E-state index is 0.372. The van der Waals surface area contributed by atoms with Gasteiger partial charge in [0.25, 0.3) is 0 Å². The van der Waals surface area contributed by atoms with Gasteiger partial charge in [-0.1, -0.05) is 17.7 Å². The second-order valence-corrected chi connectivity index (χ2v) is 4.93. The van der Waals surface area contributed by atoms with E-state index in [2.05, 4.69) is 5.32 Å². The van der Waals surface area contributed by atoms with Crippen LogP contribution in [-0.2, 0) is 11.3 Å². The monoisotopic (exact) mass is 269 g/mol. The van der Waals surface area contributed by atoms with Crippen LogP contribution in [0.1, 0.15) is 24.8 Å². The SMILES string of the molecule is CNCc1c(Cl)cccc1OCCC1CCCO1. The summed E-state index contributed by atoms with van der Waals surface area (Å²) in [6, 6.07) is 5.78. The van der Waals surface area contributed by atoms with Gasteiger partial charge in [-0.05, 0) is 32.0 Å². The van der Waals surface area contributed by atoms with Gasteiger partial charge >= 0.3 is 0 Å². The topological polar surface area (TPSA) is 30.5 Å². The zero-order valence-electron chi connectivity index (χ0n) is 10.7. The molecule has 1 atom stereocenters. The van der Waals surface area contributed by atoms with E-state index in [4.69, 9.17) is 21.1 Å². The van der Waals surface area contributed by atoms with E-state index in [1.54, 1.807) is 0 Å². The van der Waals surface area contributed by atoms with Crippen LogP contribution in [0.5, 0.6) is 5.75 Å². The van der Waals surface area contributed by atoms with Gasteiger partial charge in [-0.3, -0.25) is 0 Å². The second-order valence-electron chi connectivity index (χ2n) is 4.52. The second kappa shape index (κ2) is 6.98. The molecule has 1 aromatic carbocycles. The van der Waals surface area contributed by atoms with Crippen molar-refractivity contribution in [2.24, 2.45) is 0 Å². The molecule has 1 aliphatic heterocycles. The first kappa shape index (κ1) is 13.7. The zero-order valence-corrected chi connectivity index (χ0v) is 11.5. The van der Waals surface area contributed by atoms with E-state index in [9.17, 15) is 0 Å². The van der Waals surface area contributed by atoms with Crippen LogP contribution < -0.4 is 10.1 Å². The molecule has 1 aromatic rings. The summed E-state index contributed by atoms with van der Waals surface area (Å²) in [6.07, 6.45) is 3.65. The number of ether oxygens (including phenoxy) is 2. The van der Waals surface area contributed by atoms with Crippen LogP contribution in [0.3, 0.4) is 0 Å². The molecule has 18 heavy (non-hydrogen) atoms. The number of rotatable bonds is 6. The molecule has 0 saturated carbocycles. The minimum absolute atomic E-state index is 0.372. The normalized spacial score (nSPS) is 19.1. The Kier molecular flexibility index (Phi) is 5.29. The molecule has 0 radical (unpaired) electrons. The predicted octanol–water partition coefficient (Wildman–Crippen LogP) is 3.01. The summed E-state index contributed by atoms with van der Waals surface area (Å²) in [5.41, 5.74) is 1.02. The Balaban J connectivity index is 1.89. The van der Waals surface area contributed by atoms with Crippen molar-refractivity contribution in [2.45, 2.75) is 31.9 Å². The van der Waals surface area contributed by atoms with Gasteiger partial charge in [-0.2, -0.15) is 0 Å². The highest BCUT2D eigenvalue weighted by molar-refractivity contribution is 6.31. The van der Waals surface area contributed by atoms with E-state index >= 15 is 0 Å². The standard InChI is InChI=1S/C14H20ClNO2/c1-16-10-12-13(15)5-2-6-14(12)18-9-7-11-4-3-8-17-11/h2,5-6,11,16H,3-4,7-10H2,1H3. The lowest BCUT2D eigenvalue weighted by Gasteiger charge is -2.14. The van der Waals surface area contributed by atoms with Crippen LogP contribution in [0.4, 0.5) is 0 Å². The van der Waals surface area contributed by atoms with Crippen LogP contribution in [-0.4, -0.2) is 26.4 Å². The largest absolute Gasteiger partial charge is 0.493 e. The van der Waals surface area contributed by atoms with Crippen LogP contribution in [0.25, 0.3) is 0 Å². The van der Waals surface area contributed by atoms with Gasteiger partial charge in [0.1, 0.15) is 5.75 Å². The van der Waals surface area contributed by atoms with E-state index in [0.717, 1.165) is 42.3 Å².